The summed E-state index contributed by atoms with van der Waals surface area (Å²) in [6, 6.07) is 14.2. The highest BCUT2D eigenvalue weighted by atomic mass is 32.2. The second-order valence-corrected chi connectivity index (χ2v) is 11.0. The topological polar surface area (TPSA) is 146 Å². The van der Waals surface area contributed by atoms with Crippen LogP contribution in [0.3, 0.4) is 0 Å². The summed E-state index contributed by atoms with van der Waals surface area (Å²) in [5, 5.41) is 6.36. The minimum Gasteiger partial charge on any atom is -0.330 e. The van der Waals surface area contributed by atoms with Crippen LogP contribution in [0.1, 0.15) is 25.3 Å². The third kappa shape index (κ3) is 6.74. The molecule has 2 heterocycles. The number of aromatic amines is 1. The lowest BCUT2D eigenvalue weighted by Crippen LogP contribution is -2.34. The molecule has 10 nitrogen and oxygen atoms in total. The molecule has 0 radical (unpaired) electrons. The quantitative estimate of drug-likeness (QED) is 0.164. The first kappa shape index (κ1) is 27.7. The number of fused-ring (bicyclic) bond motifs is 1. The van der Waals surface area contributed by atoms with Crippen LogP contribution in [0.15, 0.2) is 70.6 Å². The SMILES string of the molecule is CNCCC(C)NS(=O)(=O)c1ccc(-c2cn3cc(-c4ccc(CNCCCN)cc4)c(=O)[nH]c3n2)cc1. The van der Waals surface area contributed by atoms with Gasteiger partial charge in [-0.05, 0) is 69.7 Å². The zero-order valence-corrected chi connectivity index (χ0v) is 22.5. The van der Waals surface area contributed by atoms with Crippen LogP contribution >= 0.6 is 0 Å². The zero-order chi connectivity index (χ0) is 27.1. The molecule has 0 amide bonds. The van der Waals surface area contributed by atoms with E-state index in [2.05, 4.69) is 25.3 Å². The van der Waals surface area contributed by atoms with Crippen molar-refractivity contribution in [2.45, 2.75) is 37.2 Å². The Morgan fingerprint density at radius 2 is 1.74 bits per heavy atom. The number of aromatic nitrogens is 3. The zero-order valence-electron chi connectivity index (χ0n) is 21.7. The van der Waals surface area contributed by atoms with Crippen LogP contribution in [0.5, 0.6) is 0 Å². The van der Waals surface area contributed by atoms with Crippen LogP contribution in [0.2, 0.25) is 0 Å². The molecule has 202 valence electrons. The van der Waals surface area contributed by atoms with Gasteiger partial charge in [0.1, 0.15) is 0 Å². The van der Waals surface area contributed by atoms with Gasteiger partial charge in [0, 0.05) is 30.5 Å². The van der Waals surface area contributed by atoms with Gasteiger partial charge in [-0.15, -0.1) is 0 Å². The highest BCUT2D eigenvalue weighted by Crippen LogP contribution is 2.22. The predicted octanol–water partition coefficient (Wildman–Crippen LogP) is 2.07. The van der Waals surface area contributed by atoms with Gasteiger partial charge in [0.25, 0.3) is 5.56 Å². The largest absolute Gasteiger partial charge is 0.330 e. The summed E-state index contributed by atoms with van der Waals surface area (Å²) in [6.07, 6.45) is 5.18. The maximum Gasteiger partial charge on any atom is 0.260 e. The summed E-state index contributed by atoms with van der Waals surface area (Å²) in [6.45, 7) is 4.83. The molecule has 2 aromatic carbocycles. The molecule has 0 saturated heterocycles. The number of nitrogens with one attached hydrogen (secondary N) is 4. The number of hydrogen-bond donors (Lipinski definition) is 5. The molecular weight excluding hydrogens is 502 g/mol. The number of sulfonamides is 1. The van der Waals surface area contributed by atoms with E-state index in [1.54, 1.807) is 34.9 Å². The van der Waals surface area contributed by atoms with E-state index < -0.39 is 10.0 Å². The second-order valence-electron chi connectivity index (χ2n) is 9.31. The number of rotatable bonds is 13. The summed E-state index contributed by atoms with van der Waals surface area (Å²) >= 11 is 0. The molecule has 0 saturated carbocycles. The van der Waals surface area contributed by atoms with E-state index in [-0.39, 0.29) is 16.5 Å². The van der Waals surface area contributed by atoms with Crippen LogP contribution in [-0.4, -0.2) is 55.5 Å². The molecule has 0 spiro atoms. The van der Waals surface area contributed by atoms with Crippen molar-refractivity contribution in [3.63, 3.8) is 0 Å². The van der Waals surface area contributed by atoms with Gasteiger partial charge in [0.15, 0.2) is 0 Å². The summed E-state index contributed by atoms with van der Waals surface area (Å²) in [4.78, 5) is 20.4. The van der Waals surface area contributed by atoms with Crippen molar-refractivity contribution in [2.24, 2.45) is 5.73 Å². The Kier molecular flexibility index (Phi) is 9.08. The molecule has 4 rings (SSSR count). The summed E-state index contributed by atoms with van der Waals surface area (Å²) < 4.78 is 29.9. The summed E-state index contributed by atoms with van der Waals surface area (Å²) in [7, 11) is -1.80. The van der Waals surface area contributed by atoms with Crippen LogP contribution in [0.25, 0.3) is 28.2 Å². The highest BCUT2D eigenvalue weighted by molar-refractivity contribution is 7.89. The number of imidazole rings is 1. The molecule has 11 heteroatoms. The van der Waals surface area contributed by atoms with Crippen LogP contribution in [0, 0.1) is 0 Å². The Labute approximate surface area is 222 Å². The third-order valence-corrected chi connectivity index (χ3v) is 7.87. The van der Waals surface area contributed by atoms with Gasteiger partial charge in [-0.25, -0.2) is 18.1 Å². The number of benzene rings is 2. The molecule has 2 aromatic heterocycles. The van der Waals surface area contributed by atoms with E-state index in [0.717, 1.165) is 42.7 Å². The molecule has 6 N–H and O–H groups in total. The Balaban J connectivity index is 1.51. The Morgan fingerprint density at radius 1 is 1.03 bits per heavy atom. The van der Waals surface area contributed by atoms with Crippen molar-refractivity contribution < 1.29 is 8.42 Å². The number of hydrogen-bond acceptors (Lipinski definition) is 7. The highest BCUT2D eigenvalue weighted by Gasteiger charge is 2.18. The average Bonchev–Trinajstić information content (AvgIpc) is 3.32. The second kappa shape index (κ2) is 12.5. The van der Waals surface area contributed by atoms with Crippen molar-refractivity contribution in [3.05, 3.63) is 76.8 Å². The molecular formula is C27H35N7O3S. The first-order chi connectivity index (χ1) is 18.3. The molecule has 0 aliphatic heterocycles. The number of nitrogens with zero attached hydrogens (tertiary/aromatic N) is 2. The van der Waals surface area contributed by atoms with Crippen molar-refractivity contribution >= 4 is 15.8 Å². The van der Waals surface area contributed by atoms with Crippen LogP contribution < -0.4 is 26.6 Å². The minimum atomic E-state index is -3.63. The van der Waals surface area contributed by atoms with E-state index in [1.165, 1.54) is 0 Å². The molecule has 4 aromatic rings. The third-order valence-electron chi connectivity index (χ3n) is 6.27. The molecule has 0 fully saturated rings. The Bertz CT molecular complexity index is 1510. The average molecular weight is 538 g/mol. The van der Waals surface area contributed by atoms with E-state index >= 15 is 0 Å². The first-order valence-corrected chi connectivity index (χ1v) is 14.2. The molecule has 38 heavy (non-hydrogen) atoms. The van der Waals surface area contributed by atoms with Crippen molar-refractivity contribution in [1.82, 2.24) is 29.7 Å². The van der Waals surface area contributed by atoms with Crippen molar-refractivity contribution in [3.8, 4) is 22.4 Å². The molecule has 0 bridgehead atoms. The minimum absolute atomic E-state index is 0.189. The Morgan fingerprint density at radius 3 is 2.42 bits per heavy atom. The first-order valence-electron chi connectivity index (χ1n) is 12.7. The smallest absolute Gasteiger partial charge is 0.260 e. The van der Waals surface area contributed by atoms with E-state index in [1.807, 2.05) is 44.4 Å². The molecule has 1 unspecified atom stereocenters. The maximum atomic E-state index is 12.8. The number of nitrogens with two attached hydrogens (primary N) is 1. The van der Waals surface area contributed by atoms with E-state index in [0.29, 0.717) is 30.0 Å². The lowest BCUT2D eigenvalue weighted by atomic mass is 10.1. The lowest BCUT2D eigenvalue weighted by molar-refractivity contribution is 0.540. The normalized spacial score (nSPS) is 12.7. The van der Waals surface area contributed by atoms with Crippen molar-refractivity contribution in [2.75, 3.05) is 26.7 Å². The molecule has 0 aliphatic rings. The molecule has 1 atom stereocenters. The summed E-state index contributed by atoms with van der Waals surface area (Å²) in [5.74, 6) is 0.409. The van der Waals surface area contributed by atoms with Gasteiger partial charge in [-0.2, -0.15) is 0 Å². The van der Waals surface area contributed by atoms with Gasteiger partial charge in [0.05, 0.1) is 16.2 Å². The predicted molar refractivity (Wildman–Crippen MR) is 150 cm³/mol. The van der Waals surface area contributed by atoms with Gasteiger partial charge < -0.3 is 16.4 Å². The van der Waals surface area contributed by atoms with Gasteiger partial charge >= 0.3 is 0 Å². The summed E-state index contributed by atoms with van der Waals surface area (Å²) in [5.41, 5.74) is 9.12. The maximum absolute atomic E-state index is 12.8. The fourth-order valence-corrected chi connectivity index (χ4v) is 5.39. The van der Waals surface area contributed by atoms with Crippen LogP contribution in [0.4, 0.5) is 0 Å². The van der Waals surface area contributed by atoms with Gasteiger partial charge in [-0.1, -0.05) is 36.4 Å². The van der Waals surface area contributed by atoms with Gasteiger partial charge in [-0.3, -0.25) is 14.2 Å². The van der Waals surface area contributed by atoms with E-state index in [4.69, 9.17) is 5.73 Å². The fraction of sp³-hybridized carbons (Fsp3) is 0.333. The standard InChI is InChI=1S/C27H35N7O3S/c1-19(12-15-29-2)33-38(36,37)23-10-8-22(9-11-23)25-18-34-17-24(26(35)32-27(34)31-25)21-6-4-20(5-7-21)16-30-14-3-13-28/h4-11,17-19,29-30,33H,3,12-16,28H2,1-2H3,(H,31,32,35). The fourth-order valence-electron chi connectivity index (χ4n) is 4.12. The monoisotopic (exact) mass is 537 g/mol. The molecule has 0 aliphatic carbocycles. The van der Waals surface area contributed by atoms with E-state index in [9.17, 15) is 13.2 Å². The number of H-pyrrole nitrogens is 1. The Hall–Kier alpha value is -3.35. The van der Waals surface area contributed by atoms with Crippen LogP contribution in [-0.2, 0) is 16.6 Å². The lowest BCUT2D eigenvalue weighted by Gasteiger charge is -2.14. The van der Waals surface area contributed by atoms with Gasteiger partial charge in [0.2, 0.25) is 15.8 Å². The van der Waals surface area contributed by atoms with Crippen molar-refractivity contribution in [1.29, 1.82) is 0 Å².